The summed E-state index contributed by atoms with van der Waals surface area (Å²) >= 11 is 1.41. The molecule has 18 heavy (non-hydrogen) atoms. The molecule has 0 spiro atoms. The maximum absolute atomic E-state index is 11.9. The molecule has 0 aliphatic heterocycles. The van der Waals surface area contributed by atoms with E-state index >= 15 is 0 Å². The molecule has 1 atom stereocenters. The Hall–Kier alpha value is -0.953. The number of ether oxygens (including phenoxy) is 1. The predicted octanol–water partition coefficient (Wildman–Crippen LogP) is 2.61. The highest BCUT2D eigenvalue weighted by Crippen LogP contribution is 2.14. The highest BCUT2D eigenvalue weighted by molar-refractivity contribution is 7.99. The lowest BCUT2D eigenvalue weighted by Gasteiger charge is -2.21. The van der Waals surface area contributed by atoms with Gasteiger partial charge in [0, 0.05) is 0 Å². The predicted molar refractivity (Wildman–Crippen MR) is 77.1 cm³/mol. The lowest BCUT2D eigenvalue weighted by molar-refractivity contribution is -0.136. The molecule has 0 rings (SSSR count). The Kier molecular flexibility index (Phi) is 7.08. The minimum Gasteiger partial charge on any atom is -0.543 e. The van der Waals surface area contributed by atoms with Crippen LogP contribution in [0.2, 0.25) is 19.6 Å². The zero-order valence-electron chi connectivity index (χ0n) is 11.8. The fourth-order valence-corrected chi connectivity index (χ4v) is 1.99. The number of esters is 1. The molecule has 5 nitrogen and oxygen atoms in total. The molecule has 0 aromatic rings. The first-order chi connectivity index (χ1) is 8.21. The van der Waals surface area contributed by atoms with Gasteiger partial charge in [-0.25, -0.2) is 4.79 Å². The molecule has 0 N–H and O–H groups in total. The monoisotopic (exact) mass is 291 g/mol. The van der Waals surface area contributed by atoms with Gasteiger partial charge < -0.3 is 14.0 Å². The Bertz CT molecular complexity index is 338. The van der Waals surface area contributed by atoms with Gasteiger partial charge in [0.2, 0.25) is 14.0 Å². The first-order valence-corrected chi connectivity index (χ1v) is 10.1. The average molecular weight is 291 g/mol. The summed E-state index contributed by atoms with van der Waals surface area (Å²) in [6.45, 7) is 11.4. The third-order valence-corrected chi connectivity index (χ3v) is 3.29. The van der Waals surface area contributed by atoms with Crippen LogP contribution in [-0.4, -0.2) is 38.8 Å². The number of carbonyl (C=O) groups is 1. The second kappa shape index (κ2) is 7.47. The summed E-state index contributed by atoms with van der Waals surface area (Å²) in [6.07, 6.45) is 1.85. The SMILES string of the molecule is C=C(O[Si](C)(C)C)C(=NOC)C(=O)OC(C)SC. The van der Waals surface area contributed by atoms with Crippen LogP contribution in [0.3, 0.4) is 0 Å². The number of nitrogens with zero attached hydrogens (tertiary/aromatic N) is 1. The van der Waals surface area contributed by atoms with Crippen LogP contribution >= 0.6 is 11.8 Å². The molecular formula is C11H21NO4SSi. The maximum Gasteiger partial charge on any atom is 0.365 e. The van der Waals surface area contributed by atoms with E-state index in [2.05, 4.69) is 16.6 Å². The number of hydrogen-bond acceptors (Lipinski definition) is 6. The van der Waals surface area contributed by atoms with E-state index in [0.29, 0.717) is 0 Å². The minimum atomic E-state index is -1.86. The lowest BCUT2D eigenvalue weighted by Crippen LogP contribution is -2.31. The van der Waals surface area contributed by atoms with E-state index in [0.717, 1.165) is 0 Å². The minimum absolute atomic E-state index is 0.0270. The molecular weight excluding hydrogens is 270 g/mol. The van der Waals surface area contributed by atoms with Gasteiger partial charge in [-0.2, -0.15) is 0 Å². The van der Waals surface area contributed by atoms with Crippen molar-refractivity contribution in [3.8, 4) is 0 Å². The highest BCUT2D eigenvalue weighted by Gasteiger charge is 2.26. The highest BCUT2D eigenvalue weighted by atomic mass is 32.2. The van der Waals surface area contributed by atoms with Crippen LogP contribution in [0, 0.1) is 0 Å². The van der Waals surface area contributed by atoms with Crippen molar-refractivity contribution in [2.24, 2.45) is 5.16 Å². The zero-order chi connectivity index (χ0) is 14.3. The summed E-state index contributed by atoms with van der Waals surface area (Å²) in [5.74, 6) is -0.406. The summed E-state index contributed by atoms with van der Waals surface area (Å²) in [5, 5.41) is 3.63. The summed E-state index contributed by atoms with van der Waals surface area (Å²) in [4.78, 5) is 16.5. The molecule has 0 aromatic heterocycles. The van der Waals surface area contributed by atoms with Gasteiger partial charge >= 0.3 is 5.97 Å². The number of rotatable bonds is 7. The lowest BCUT2D eigenvalue weighted by atomic mass is 10.3. The molecule has 0 saturated heterocycles. The fourth-order valence-electron chi connectivity index (χ4n) is 0.966. The Labute approximate surface area is 114 Å². The fraction of sp³-hybridized carbons (Fsp3) is 0.636. The molecule has 104 valence electrons. The van der Waals surface area contributed by atoms with Gasteiger partial charge in [-0.1, -0.05) is 11.7 Å². The molecule has 0 aliphatic rings. The van der Waals surface area contributed by atoms with Crippen LogP contribution < -0.4 is 0 Å². The molecule has 7 heteroatoms. The van der Waals surface area contributed by atoms with Gasteiger partial charge in [-0.15, -0.1) is 11.8 Å². The van der Waals surface area contributed by atoms with E-state index in [4.69, 9.17) is 9.16 Å². The quantitative estimate of drug-likeness (QED) is 0.180. The van der Waals surface area contributed by atoms with Gasteiger partial charge in [0.25, 0.3) is 0 Å². The summed E-state index contributed by atoms with van der Waals surface area (Å²) in [7, 11) is -0.501. The van der Waals surface area contributed by atoms with Crippen molar-refractivity contribution >= 4 is 31.8 Å². The van der Waals surface area contributed by atoms with Gasteiger partial charge in [-0.05, 0) is 32.8 Å². The third-order valence-electron chi connectivity index (χ3n) is 1.67. The topological polar surface area (TPSA) is 57.1 Å². The maximum atomic E-state index is 11.9. The van der Waals surface area contributed by atoms with Crippen LogP contribution in [0.4, 0.5) is 0 Å². The molecule has 0 saturated carbocycles. The molecule has 0 amide bonds. The van der Waals surface area contributed by atoms with Crippen molar-refractivity contribution < 1.29 is 18.8 Å². The molecule has 0 radical (unpaired) electrons. The van der Waals surface area contributed by atoms with E-state index in [1.165, 1.54) is 18.9 Å². The van der Waals surface area contributed by atoms with Crippen molar-refractivity contribution in [2.75, 3.05) is 13.4 Å². The molecule has 0 aliphatic carbocycles. The Morgan fingerprint density at radius 3 is 2.33 bits per heavy atom. The number of hydrogen-bond donors (Lipinski definition) is 0. The van der Waals surface area contributed by atoms with Crippen molar-refractivity contribution in [1.82, 2.24) is 0 Å². The number of carbonyl (C=O) groups excluding carboxylic acids is 1. The molecule has 0 fully saturated rings. The van der Waals surface area contributed by atoms with E-state index in [-0.39, 0.29) is 16.9 Å². The number of thioether (sulfide) groups is 1. The van der Waals surface area contributed by atoms with Crippen LogP contribution in [0.15, 0.2) is 17.5 Å². The molecule has 1 unspecified atom stereocenters. The first-order valence-electron chi connectivity index (χ1n) is 5.44. The smallest absolute Gasteiger partial charge is 0.365 e. The third kappa shape index (κ3) is 6.70. The Morgan fingerprint density at radius 2 is 1.94 bits per heavy atom. The van der Waals surface area contributed by atoms with Crippen molar-refractivity contribution in [3.63, 3.8) is 0 Å². The summed E-state index contributed by atoms with van der Waals surface area (Å²) < 4.78 is 10.8. The summed E-state index contributed by atoms with van der Waals surface area (Å²) in [6, 6.07) is 0. The zero-order valence-corrected chi connectivity index (χ0v) is 13.6. The van der Waals surface area contributed by atoms with Crippen LogP contribution in [0.5, 0.6) is 0 Å². The van der Waals surface area contributed by atoms with Gasteiger partial charge in [0.1, 0.15) is 18.3 Å². The second-order valence-corrected chi connectivity index (χ2v) is 10.0. The normalized spacial score (nSPS) is 13.8. The van der Waals surface area contributed by atoms with Gasteiger partial charge in [0.05, 0.1) is 0 Å². The van der Waals surface area contributed by atoms with Crippen LogP contribution in [0.1, 0.15) is 6.92 Å². The van der Waals surface area contributed by atoms with Crippen LogP contribution in [0.25, 0.3) is 0 Å². The van der Waals surface area contributed by atoms with Gasteiger partial charge in [-0.3, -0.25) is 0 Å². The van der Waals surface area contributed by atoms with Gasteiger partial charge in [0.15, 0.2) is 0 Å². The average Bonchev–Trinajstić information content (AvgIpc) is 2.22. The Morgan fingerprint density at radius 1 is 1.39 bits per heavy atom. The first kappa shape index (κ1) is 17.0. The van der Waals surface area contributed by atoms with Crippen LogP contribution in [-0.2, 0) is 18.8 Å². The summed E-state index contributed by atoms with van der Waals surface area (Å²) in [5.41, 5.74) is -0.292. The molecule has 0 heterocycles. The molecule has 0 aromatic carbocycles. The molecule has 0 bridgehead atoms. The van der Waals surface area contributed by atoms with E-state index < -0.39 is 14.3 Å². The largest absolute Gasteiger partial charge is 0.543 e. The van der Waals surface area contributed by atoms with Crippen molar-refractivity contribution in [2.45, 2.75) is 32.0 Å². The van der Waals surface area contributed by atoms with E-state index in [1.807, 2.05) is 25.9 Å². The Balaban J connectivity index is 4.82. The number of oxime groups is 1. The van der Waals surface area contributed by atoms with E-state index in [9.17, 15) is 4.79 Å². The van der Waals surface area contributed by atoms with Crippen molar-refractivity contribution in [1.29, 1.82) is 0 Å². The van der Waals surface area contributed by atoms with Crippen molar-refractivity contribution in [3.05, 3.63) is 12.3 Å². The standard InChI is InChI=1S/C11H21NO4SSi/c1-8(16-18(5,6)7)10(12-14-3)11(13)15-9(2)17-4/h9H,1H2,2-7H3. The second-order valence-electron chi connectivity index (χ2n) is 4.47. The van der Waals surface area contributed by atoms with E-state index in [1.54, 1.807) is 6.92 Å².